The molecule has 0 atom stereocenters. The van der Waals surface area contributed by atoms with E-state index in [4.69, 9.17) is 4.98 Å². The second-order valence-corrected chi connectivity index (χ2v) is 8.33. The average molecular weight is 361 g/mol. The molecule has 2 aromatic heterocycles. The third-order valence-electron chi connectivity index (χ3n) is 6.22. The zero-order valence-corrected chi connectivity index (χ0v) is 16.0. The highest BCUT2D eigenvalue weighted by molar-refractivity contribution is 5.92. The fraction of sp³-hybridized carbons (Fsp3) is 0.455. The van der Waals surface area contributed by atoms with E-state index in [2.05, 4.69) is 56.9 Å². The fourth-order valence-electron chi connectivity index (χ4n) is 4.36. The number of imidazole rings is 1. The van der Waals surface area contributed by atoms with Crippen LogP contribution in [0.3, 0.4) is 0 Å². The minimum Gasteiger partial charge on any atom is -0.330 e. The number of nitrogens with zero attached hydrogens (tertiary/aromatic N) is 5. The number of piperazine rings is 1. The quantitative estimate of drug-likeness (QED) is 0.700. The molecule has 5 heteroatoms. The van der Waals surface area contributed by atoms with Gasteiger partial charge in [0.05, 0.1) is 5.52 Å². The predicted octanol–water partition coefficient (Wildman–Crippen LogP) is 3.13. The Morgan fingerprint density at radius 3 is 2.59 bits per heavy atom. The molecule has 0 unspecified atom stereocenters. The van der Waals surface area contributed by atoms with E-state index in [1.54, 1.807) is 0 Å². The Labute approximate surface area is 160 Å². The van der Waals surface area contributed by atoms with Gasteiger partial charge in [0.25, 0.3) is 0 Å². The van der Waals surface area contributed by atoms with Crippen LogP contribution in [0, 0.1) is 5.41 Å². The smallest absolute Gasteiger partial charge is 0.140 e. The maximum Gasteiger partial charge on any atom is 0.140 e. The van der Waals surface area contributed by atoms with Gasteiger partial charge in [-0.3, -0.25) is 4.98 Å². The number of benzene rings is 1. The van der Waals surface area contributed by atoms with Gasteiger partial charge in [-0.25, -0.2) is 4.98 Å². The van der Waals surface area contributed by atoms with Crippen molar-refractivity contribution in [3.63, 3.8) is 0 Å². The largest absolute Gasteiger partial charge is 0.330 e. The van der Waals surface area contributed by atoms with Crippen molar-refractivity contribution in [3.8, 4) is 11.4 Å². The van der Waals surface area contributed by atoms with Crippen molar-refractivity contribution in [1.82, 2.24) is 24.3 Å². The third kappa shape index (κ3) is 3.37. The Bertz CT molecular complexity index is 929. The highest BCUT2D eigenvalue weighted by atomic mass is 15.3. The highest BCUT2D eigenvalue weighted by Gasteiger charge is 2.44. The van der Waals surface area contributed by atoms with Gasteiger partial charge in [-0.15, -0.1) is 0 Å². The number of aromatic nitrogens is 3. The predicted molar refractivity (Wildman–Crippen MR) is 109 cm³/mol. The average Bonchev–Trinajstić information content (AvgIpc) is 3.29. The van der Waals surface area contributed by atoms with E-state index in [-0.39, 0.29) is 0 Å². The van der Waals surface area contributed by atoms with Crippen LogP contribution in [0.2, 0.25) is 0 Å². The van der Waals surface area contributed by atoms with E-state index >= 15 is 0 Å². The van der Waals surface area contributed by atoms with Crippen molar-refractivity contribution >= 4 is 10.9 Å². The van der Waals surface area contributed by atoms with Crippen molar-refractivity contribution < 1.29 is 0 Å². The summed E-state index contributed by atoms with van der Waals surface area (Å²) in [5, 5.41) is 1.18. The number of rotatable bonds is 5. The summed E-state index contributed by atoms with van der Waals surface area (Å²) in [4.78, 5) is 14.3. The lowest BCUT2D eigenvalue weighted by Crippen LogP contribution is -2.46. The van der Waals surface area contributed by atoms with E-state index in [9.17, 15) is 0 Å². The van der Waals surface area contributed by atoms with Crippen LogP contribution in [-0.4, -0.2) is 64.1 Å². The number of hydrogen-bond acceptors (Lipinski definition) is 4. The molecule has 0 radical (unpaired) electrons. The van der Waals surface area contributed by atoms with Crippen LogP contribution in [0.15, 0.2) is 48.9 Å². The molecule has 1 saturated heterocycles. The SMILES string of the molecule is CN1CCN(CC2(Cn3ccnc3-c3cccc4ncccc34)CC2)CC1. The van der Waals surface area contributed by atoms with Crippen molar-refractivity contribution in [3.05, 3.63) is 48.9 Å². The summed E-state index contributed by atoms with van der Waals surface area (Å²) >= 11 is 0. The Morgan fingerprint density at radius 1 is 0.926 bits per heavy atom. The number of likely N-dealkylation sites (N-methyl/N-ethyl adjacent to an activating group) is 1. The molecule has 2 aliphatic rings. The molecule has 1 aliphatic heterocycles. The Morgan fingerprint density at radius 2 is 1.78 bits per heavy atom. The lowest BCUT2D eigenvalue weighted by atomic mass is 10.0. The van der Waals surface area contributed by atoms with Crippen LogP contribution >= 0.6 is 0 Å². The molecule has 27 heavy (non-hydrogen) atoms. The molecule has 0 amide bonds. The van der Waals surface area contributed by atoms with Gasteiger partial charge in [-0.2, -0.15) is 0 Å². The molecule has 0 bridgehead atoms. The Kier molecular flexibility index (Phi) is 4.21. The molecule has 140 valence electrons. The first-order valence-electron chi connectivity index (χ1n) is 9.99. The second kappa shape index (κ2) is 6.73. The Hall–Kier alpha value is -2.24. The lowest BCUT2D eigenvalue weighted by molar-refractivity contribution is 0.125. The van der Waals surface area contributed by atoms with Crippen LogP contribution in [-0.2, 0) is 6.54 Å². The topological polar surface area (TPSA) is 37.2 Å². The zero-order chi connectivity index (χ0) is 18.3. The molecule has 0 N–H and O–H groups in total. The zero-order valence-electron chi connectivity index (χ0n) is 16.0. The van der Waals surface area contributed by atoms with Crippen LogP contribution in [0.25, 0.3) is 22.3 Å². The van der Waals surface area contributed by atoms with Crippen molar-refractivity contribution in [2.45, 2.75) is 19.4 Å². The van der Waals surface area contributed by atoms with E-state index in [0.717, 1.165) is 17.9 Å². The van der Waals surface area contributed by atoms with Gasteiger partial charge in [0.1, 0.15) is 5.82 Å². The molecular weight excluding hydrogens is 334 g/mol. The normalized spacial score (nSPS) is 20.2. The van der Waals surface area contributed by atoms with Crippen molar-refractivity contribution in [2.75, 3.05) is 39.8 Å². The first-order valence-corrected chi connectivity index (χ1v) is 9.99. The summed E-state index contributed by atoms with van der Waals surface area (Å²) < 4.78 is 2.37. The van der Waals surface area contributed by atoms with E-state index < -0.39 is 0 Å². The van der Waals surface area contributed by atoms with Crippen LogP contribution in [0.5, 0.6) is 0 Å². The van der Waals surface area contributed by atoms with Crippen LogP contribution < -0.4 is 0 Å². The monoisotopic (exact) mass is 361 g/mol. The van der Waals surface area contributed by atoms with Gasteiger partial charge in [-0.05, 0) is 32.0 Å². The van der Waals surface area contributed by atoms with Crippen molar-refractivity contribution in [1.29, 1.82) is 0 Å². The van der Waals surface area contributed by atoms with Crippen molar-refractivity contribution in [2.24, 2.45) is 5.41 Å². The molecule has 1 aromatic carbocycles. The molecule has 1 aliphatic carbocycles. The van der Waals surface area contributed by atoms with E-state index in [1.165, 1.54) is 56.5 Å². The highest BCUT2D eigenvalue weighted by Crippen LogP contribution is 2.48. The van der Waals surface area contributed by atoms with Gasteiger partial charge >= 0.3 is 0 Å². The van der Waals surface area contributed by atoms with Crippen LogP contribution in [0.4, 0.5) is 0 Å². The Balaban J connectivity index is 1.39. The molecule has 0 spiro atoms. The molecule has 1 saturated carbocycles. The number of hydrogen-bond donors (Lipinski definition) is 0. The summed E-state index contributed by atoms with van der Waals surface area (Å²) in [6, 6.07) is 10.5. The maximum atomic E-state index is 4.72. The summed E-state index contributed by atoms with van der Waals surface area (Å²) in [6.45, 7) is 7.06. The summed E-state index contributed by atoms with van der Waals surface area (Å²) in [7, 11) is 2.22. The number of pyridine rings is 1. The molecule has 3 heterocycles. The van der Waals surface area contributed by atoms with Gasteiger partial charge in [-0.1, -0.05) is 18.2 Å². The standard InChI is InChI=1S/C22H27N5/c1-25-12-14-26(15-13-25)16-22(7-8-22)17-27-11-10-24-21(27)19-4-2-6-20-18(19)5-3-9-23-20/h2-6,9-11H,7-8,12-17H2,1H3. The molecule has 2 fully saturated rings. The van der Waals surface area contributed by atoms with E-state index in [1.807, 2.05) is 18.5 Å². The summed E-state index contributed by atoms with van der Waals surface area (Å²) in [5.74, 6) is 1.07. The maximum absolute atomic E-state index is 4.72. The number of fused-ring (bicyclic) bond motifs is 1. The molecule has 5 nitrogen and oxygen atoms in total. The first kappa shape index (κ1) is 16.9. The molecule has 5 rings (SSSR count). The second-order valence-electron chi connectivity index (χ2n) is 8.33. The first-order chi connectivity index (χ1) is 13.2. The molecule has 3 aromatic rings. The fourth-order valence-corrected chi connectivity index (χ4v) is 4.36. The minimum absolute atomic E-state index is 0.425. The van der Waals surface area contributed by atoms with Gasteiger partial charge < -0.3 is 14.4 Å². The molecular formula is C22H27N5. The van der Waals surface area contributed by atoms with E-state index in [0.29, 0.717) is 5.41 Å². The summed E-state index contributed by atoms with van der Waals surface area (Å²) in [6.07, 6.45) is 8.60. The van der Waals surface area contributed by atoms with Gasteiger partial charge in [0, 0.05) is 74.2 Å². The lowest BCUT2D eigenvalue weighted by Gasteiger charge is -2.35. The van der Waals surface area contributed by atoms with Gasteiger partial charge in [0.15, 0.2) is 0 Å². The summed E-state index contributed by atoms with van der Waals surface area (Å²) in [5.41, 5.74) is 2.64. The third-order valence-corrected chi connectivity index (χ3v) is 6.22. The van der Waals surface area contributed by atoms with Crippen LogP contribution in [0.1, 0.15) is 12.8 Å². The van der Waals surface area contributed by atoms with Gasteiger partial charge in [0.2, 0.25) is 0 Å². The minimum atomic E-state index is 0.425.